The van der Waals surface area contributed by atoms with Crippen LogP contribution in [0, 0.1) is 5.41 Å². The molecular formula is C14H22N6O3. The number of nitrogens with zero attached hydrogens (tertiary/aromatic N) is 2. The highest BCUT2D eigenvalue weighted by Gasteiger charge is 2.22. The normalized spacial score (nSPS) is 17.8. The summed E-state index contributed by atoms with van der Waals surface area (Å²) in [6, 6.07) is 1.15. The van der Waals surface area contributed by atoms with Gasteiger partial charge in [0.05, 0.1) is 25.0 Å². The highest BCUT2D eigenvalue weighted by atomic mass is 16.5. The zero-order valence-corrected chi connectivity index (χ0v) is 13.2. The van der Waals surface area contributed by atoms with Crippen LogP contribution in [0.15, 0.2) is 6.07 Å². The van der Waals surface area contributed by atoms with E-state index in [1.807, 2.05) is 7.05 Å². The molecule has 1 fully saturated rings. The molecule has 1 saturated heterocycles. The minimum atomic E-state index is -0.421. The summed E-state index contributed by atoms with van der Waals surface area (Å²) in [5.74, 6) is 0.0205. The van der Waals surface area contributed by atoms with E-state index in [1.165, 1.54) is 13.2 Å². The Balaban J connectivity index is 2.09. The van der Waals surface area contributed by atoms with E-state index in [-0.39, 0.29) is 40.7 Å². The predicted octanol–water partition coefficient (Wildman–Crippen LogP) is -0.0465. The number of nitrogens with two attached hydrogens (primary N) is 1. The zero-order valence-electron chi connectivity index (χ0n) is 13.2. The Hall–Kier alpha value is -2.39. The average molecular weight is 322 g/mol. The molecule has 1 atom stereocenters. The van der Waals surface area contributed by atoms with Crippen LogP contribution in [0.5, 0.6) is 0 Å². The van der Waals surface area contributed by atoms with Crippen LogP contribution in [-0.2, 0) is 11.3 Å². The molecule has 1 aliphatic heterocycles. The van der Waals surface area contributed by atoms with Gasteiger partial charge in [-0.25, -0.2) is 9.78 Å². The molecule has 9 nitrogen and oxygen atoms in total. The summed E-state index contributed by atoms with van der Waals surface area (Å²) in [7, 11) is 3.33. The molecule has 0 radical (unpaired) electrons. The lowest BCUT2D eigenvalue weighted by Gasteiger charge is -2.15. The summed E-state index contributed by atoms with van der Waals surface area (Å²) in [6.07, 6.45) is 0.894. The molecule has 1 aromatic rings. The first-order valence-electron chi connectivity index (χ1n) is 7.23. The van der Waals surface area contributed by atoms with Gasteiger partial charge in [0.2, 0.25) is 5.90 Å². The maximum Gasteiger partial charge on any atom is 0.320 e. The van der Waals surface area contributed by atoms with Crippen molar-refractivity contribution in [2.24, 2.45) is 0 Å². The molecule has 9 heteroatoms. The number of amides is 2. The number of rotatable bonds is 4. The summed E-state index contributed by atoms with van der Waals surface area (Å²) in [4.78, 5) is 18.3. The number of hydrogen-bond acceptors (Lipinski definition) is 7. The van der Waals surface area contributed by atoms with Crippen LogP contribution < -0.4 is 16.4 Å². The summed E-state index contributed by atoms with van der Waals surface area (Å²) >= 11 is 0. The second-order valence-electron chi connectivity index (χ2n) is 5.46. The third-order valence-electron chi connectivity index (χ3n) is 3.67. The predicted molar refractivity (Wildman–Crippen MR) is 86.5 cm³/mol. The van der Waals surface area contributed by atoms with E-state index in [0.717, 1.165) is 19.5 Å². The number of aromatic nitrogens is 1. The molecule has 1 aliphatic rings. The number of pyridine rings is 1. The number of likely N-dealkylation sites (tertiary alicyclic amines) is 1. The van der Waals surface area contributed by atoms with Crippen LogP contribution in [0.2, 0.25) is 0 Å². The molecule has 0 aliphatic carbocycles. The van der Waals surface area contributed by atoms with Crippen LogP contribution in [-0.4, -0.2) is 60.2 Å². The van der Waals surface area contributed by atoms with Gasteiger partial charge in [-0.15, -0.1) is 0 Å². The van der Waals surface area contributed by atoms with Crippen molar-refractivity contribution in [1.82, 2.24) is 15.2 Å². The Kier molecular flexibility index (Phi) is 5.35. The van der Waals surface area contributed by atoms with Crippen molar-refractivity contribution in [2.75, 3.05) is 38.3 Å². The van der Waals surface area contributed by atoms with Crippen LogP contribution in [0.25, 0.3) is 0 Å². The highest BCUT2D eigenvalue weighted by molar-refractivity contribution is 5.99. The molecule has 2 rings (SSSR count). The number of hydrogen-bond donors (Lipinski definition) is 5. The topological polar surface area (TPSA) is 137 Å². The van der Waals surface area contributed by atoms with E-state index >= 15 is 0 Å². The molecule has 0 aromatic carbocycles. The second kappa shape index (κ2) is 7.25. The van der Waals surface area contributed by atoms with Gasteiger partial charge in [0.25, 0.3) is 0 Å². The average Bonchev–Trinajstić information content (AvgIpc) is 2.90. The van der Waals surface area contributed by atoms with Crippen LogP contribution >= 0.6 is 0 Å². The zero-order chi connectivity index (χ0) is 17.0. The standard InChI is InChI=1S/C14H22N6O3/c1-20-4-3-8(6-20)17-14(22)19-11-5-9(15)12(13(16)23-2)10(7-21)18-11/h5,8,16,21H,3-4,6-7H2,1-2H3,(H4,15,17,18,19,22)/t8-/m0/s1. The molecule has 0 spiro atoms. The summed E-state index contributed by atoms with van der Waals surface area (Å²) < 4.78 is 4.83. The molecule has 0 saturated carbocycles. The first kappa shape index (κ1) is 17.0. The van der Waals surface area contributed by atoms with Gasteiger partial charge in [-0.1, -0.05) is 0 Å². The van der Waals surface area contributed by atoms with Crippen molar-refractivity contribution in [3.63, 3.8) is 0 Å². The molecule has 2 heterocycles. The second-order valence-corrected chi connectivity index (χ2v) is 5.46. The van der Waals surface area contributed by atoms with Crippen molar-refractivity contribution in [3.8, 4) is 0 Å². The Labute approximate surface area is 134 Å². The van der Waals surface area contributed by atoms with E-state index in [2.05, 4.69) is 20.5 Å². The lowest BCUT2D eigenvalue weighted by Crippen LogP contribution is -2.39. The fourth-order valence-corrected chi connectivity index (χ4v) is 2.55. The van der Waals surface area contributed by atoms with Gasteiger partial charge in [0.15, 0.2) is 0 Å². The number of nitrogens with one attached hydrogen (secondary N) is 3. The summed E-state index contributed by atoms with van der Waals surface area (Å²) in [6.45, 7) is 1.32. The maximum atomic E-state index is 12.0. The van der Waals surface area contributed by atoms with Crippen molar-refractivity contribution in [2.45, 2.75) is 19.1 Å². The van der Waals surface area contributed by atoms with E-state index < -0.39 is 6.61 Å². The number of likely N-dealkylation sites (N-methyl/N-ethyl adjacent to an activating group) is 1. The van der Waals surface area contributed by atoms with Gasteiger partial charge in [-0.2, -0.15) is 0 Å². The van der Waals surface area contributed by atoms with Gasteiger partial charge in [0.1, 0.15) is 5.82 Å². The summed E-state index contributed by atoms with van der Waals surface area (Å²) in [5.41, 5.74) is 6.48. The third kappa shape index (κ3) is 4.08. The maximum absolute atomic E-state index is 12.0. The monoisotopic (exact) mass is 322 g/mol. The van der Waals surface area contributed by atoms with Gasteiger partial charge in [-0.3, -0.25) is 10.7 Å². The summed E-state index contributed by atoms with van der Waals surface area (Å²) in [5, 5.41) is 22.5. The first-order chi connectivity index (χ1) is 10.9. The highest BCUT2D eigenvalue weighted by Crippen LogP contribution is 2.21. The van der Waals surface area contributed by atoms with Gasteiger partial charge >= 0.3 is 6.03 Å². The molecular weight excluding hydrogens is 300 g/mol. The van der Waals surface area contributed by atoms with Crippen molar-refractivity contribution >= 4 is 23.4 Å². The van der Waals surface area contributed by atoms with Crippen LogP contribution in [0.3, 0.4) is 0 Å². The number of aliphatic hydroxyl groups excluding tert-OH is 1. The molecule has 2 amide bonds. The Morgan fingerprint density at radius 3 is 2.96 bits per heavy atom. The first-order valence-corrected chi connectivity index (χ1v) is 7.23. The van der Waals surface area contributed by atoms with E-state index in [9.17, 15) is 9.90 Å². The number of nitrogen functional groups attached to an aromatic ring is 1. The molecule has 23 heavy (non-hydrogen) atoms. The molecule has 0 unspecified atom stereocenters. The molecule has 6 N–H and O–H groups in total. The Morgan fingerprint density at radius 1 is 1.65 bits per heavy atom. The minimum absolute atomic E-state index is 0.0931. The number of urea groups is 1. The number of aliphatic hydroxyl groups is 1. The van der Waals surface area contributed by atoms with E-state index in [4.69, 9.17) is 15.9 Å². The largest absolute Gasteiger partial charge is 0.481 e. The smallest absolute Gasteiger partial charge is 0.320 e. The fraction of sp³-hybridized carbons (Fsp3) is 0.500. The third-order valence-corrected chi connectivity index (χ3v) is 3.67. The molecule has 126 valence electrons. The number of carbonyl (C=O) groups excluding carboxylic acids is 1. The van der Waals surface area contributed by atoms with Crippen molar-refractivity contribution < 1.29 is 14.6 Å². The lowest BCUT2D eigenvalue weighted by atomic mass is 10.1. The van der Waals surface area contributed by atoms with Gasteiger partial charge in [0, 0.05) is 24.3 Å². The number of methoxy groups -OCH3 is 1. The Bertz CT molecular complexity index is 606. The van der Waals surface area contributed by atoms with E-state index in [0.29, 0.717) is 0 Å². The number of anilines is 2. The number of carbonyl (C=O) groups is 1. The quantitative estimate of drug-likeness (QED) is 0.389. The minimum Gasteiger partial charge on any atom is -0.481 e. The molecule has 0 bridgehead atoms. The van der Waals surface area contributed by atoms with Crippen LogP contribution in [0.4, 0.5) is 16.3 Å². The fourth-order valence-electron chi connectivity index (χ4n) is 2.55. The van der Waals surface area contributed by atoms with Gasteiger partial charge < -0.3 is 25.8 Å². The van der Waals surface area contributed by atoms with Crippen LogP contribution in [0.1, 0.15) is 17.7 Å². The number of ether oxygens (including phenoxy) is 1. The lowest BCUT2D eigenvalue weighted by molar-refractivity contribution is 0.248. The van der Waals surface area contributed by atoms with Crippen molar-refractivity contribution in [1.29, 1.82) is 5.41 Å². The van der Waals surface area contributed by atoms with Crippen molar-refractivity contribution in [3.05, 3.63) is 17.3 Å². The van der Waals surface area contributed by atoms with Gasteiger partial charge in [-0.05, 0) is 20.0 Å². The van der Waals surface area contributed by atoms with E-state index in [1.54, 1.807) is 0 Å². The molecule has 1 aromatic heterocycles. The SMILES string of the molecule is COC(=N)c1c(N)cc(NC(=O)N[C@H]2CCN(C)C2)nc1CO. The Morgan fingerprint density at radius 2 is 2.39 bits per heavy atom.